The minimum atomic E-state index is -3.33. The molecule has 0 spiro atoms. The third-order valence-corrected chi connectivity index (χ3v) is 6.06. The van der Waals surface area contributed by atoms with Crippen molar-refractivity contribution in [1.29, 1.82) is 0 Å². The van der Waals surface area contributed by atoms with Crippen molar-refractivity contribution >= 4 is 27.5 Å². The zero-order valence-electron chi connectivity index (χ0n) is 21.8. The Morgan fingerprint density at radius 2 is 1.89 bits per heavy atom. The minimum absolute atomic E-state index is 0.0723. The number of sulfone groups is 1. The summed E-state index contributed by atoms with van der Waals surface area (Å²) in [6, 6.07) is 6.09. The van der Waals surface area contributed by atoms with Gasteiger partial charge in [0.1, 0.15) is 22.7 Å². The number of aromatic nitrogens is 2. The number of nitrogens with zero attached hydrogens (tertiary/aromatic N) is 2. The van der Waals surface area contributed by atoms with E-state index < -0.39 is 33.5 Å². The molecule has 11 heteroatoms. The molecule has 0 radical (unpaired) electrons. The first kappa shape index (κ1) is 28.1. The molecule has 1 aliphatic rings. The van der Waals surface area contributed by atoms with Gasteiger partial charge in [0, 0.05) is 41.6 Å². The van der Waals surface area contributed by atoms with Crippen LogP contribution in [-0.4, -0.2) is 48.3 Å². The highest BCUT2D eigenvalue weighted by molar-refractivity contribution is 7.93. The molecular formula is C26H34N4O6S. The normalized spacial score (nSPS) is 15.4. The number of benzene rings is 1. The van der Waals surface area contributed by atoms with Gasteiger partial charge in [0.15, 0.2) is 9.84 Å². The Hall–Kier alpha value is -3.47. The van der Waals surface area contributed by atoms with E-state index in [2.05, 4.69) is 20.6 Å². The van der Waals surface area contributed by atoms with Crippen molar-refractivity contribution in [2.45, 2.75) is 70.9 Å². The number of carbonyl (C=O) groups is 2. The molecule has 10 nitrogen and oxygen atoms in total. The number of carbonyl (C=O) groups excluding carboxylic acids is 2. The van der Waals surface area contributed by atoms with Crippen molar-refractivity contribution < 1.29 is 27.5 Å². The van der Waals surface area contributed by atoms with E-state index in [9.17, 15) is 18.0 Å². The first-order valence-electron chi connectivity index (χ1n) is 12.1. The summed E-state index contributed by atoms with van der Waals surface area (Å²) in [4.78, 5) is 34.2. The van der Waals surface area contributed by atoms with Crippen molar-refractivity contribution in [2.24, 2.45) is 0 Å². The van der Waals surface area contributed by atoms with Crippen molar-refractivity contribution in [1.82, 2.24) is 15.3 Å². The molecule has 0 saturated heterocycles. The zero-order valence-corrected chi connectivity index (χ0v) is 22.6. The lowest BCUT2D eigenvalue weighted by Gasteiger charge is -2.20. The molecule has 0 bridgehead atoms. The molecule has 1 heterocycles. The third-order valence-electron chi connectivity index (χ3n) is 5.40. The molecule has 1 fully saturated rings. The van der Waals surface area contributed by atoms with Gasteiger partial charge in [-0.25, -0.2) is 18.2 Å². The van der Waals surface area contributed by atoms with Crippen LogP contribution in [0.3, 0.4) is 0 Å². The molecule has 1 aromatic carbocycles. The number of ether oxygens (including phenoxy) is 2. The molecule has 2 aromatic rings. The summed E-state index contributed by atoms with van der Waals surface area (Å²) in [5.41, 5.74) is -0.0969. The average molecular weight is 531 g/mol. The van der Waals surface area contributed by atoms with Gasteiger partial charge in [-0.05, 0) is 52.7 Å². The van der Waals surface area contributed by atoms with Crippen LogP contribution >= 0.6 is 0 Å². The molecule has 1 aromatic heterocycles. The summed E-state index contributed by atoms with van der Waals surface area (Å²) in [6.45, 7) is 6.97. The van der Waals surface area contributed by atoms with Gasteiger partial charge in [-0.3, -0.25) is 10.1 Å². The summed E-state index contributed by atoms with van der Waals surface area (Å²) >= 11 is 0. The second kappa shape index (κ2) is 11.7. The fraction of sp³-hybridized carbons (Fsp3) is 0.462. The van der Waals surface area contributed by atoms with Gasteiger partial charge in [0.05, 0.1) is 0 Å². The lowest BCUT2D eigenvalue weighted by atomic mass is 10.1. The van der Waals surface area contributed by atoms with Gasteiger partial charge in [-0.1, -0.05) is 25.0 Å². The smallest absolute Gasteiger partial charge is 0.412 e. The first-order chi connectivity index (χ1) is 17.3. The minimum Gasteiger partial charge on any atom is -0.444 e. The van der Waals surface area contributed by atoms with Crippen LogP contribution in [-0.2, 0) is 14.6 Å². The van der Waals surface area contributed by atoms with Gasteiger partial charge < -0.3 is 14.8 Å². The molecule has 1 aliphatic carbocycles. The van der Waals surface area contributed by atoms with Gasteiger partial charge in [-0.2, -0.15) is 4.98 Å². The molecule has 2 amide bonds. The highest BCUT2D eigenvalue weighted by Gasteiger charge is 2.24. The Bertz CT molecular complexity index is 1260. The summed E-state index contributed by atoms with van der Waals surface area (Å²) in [7, 11) is -3.33. The van der Waals surface area contributed by atoms with Gasteiger partial charge in [0.2, 0.25) is 5.88 Å². The molecule has 37 heavy (non-hydrogen) atoms. The van der Waals surface area contributed by atoms with Crippen molar-refractivity contribution in [2.75, 3.05) is 11.6 Å². The number of rotatable bonds is 8. The Balaban J connectivity index is 1.85. The lowest BCUT2D eigenvalue weighted by Crippen LogP contribution is -2.31. The van der Waals surface area contributed by atoms with E-state index in [0.29, 0.717) is 17.3 Å². The Labute approximate surface area is 217 Å². The summed E-state index contributed by atoms with van der Waals surface area (Å²) in [5, 5.41) is 6.42. The highest BCUT2D eigenvalue weighted by Crippen LogP contribution is 2.34. The SMILES string of the molecule is CC(/C=C/S(C)(=O)=O)NC(=O)c1cnc(C2CCCC2)nc1Oc1cccc(NC(=O)OC(C)(C)C)c1. The van der Waals surface area contributed by atoms with E-state index in [1.807, 2.05) is 0 Å². The Kier molecular flexibility index (Phi) is 8.90. The van der Waals surface area contributed by atoms with E-state index in [1.165, 1.54) is 12.3 Å². The number of nitrogens with one attached hydrogen (secondary N) is 2. The predicted octanol–water partition coefficient (Wildman–Crippen LogP) is 4.95. The first-order valence-corrected chi connectivity index (χ1v) is 14.1. The maximum Gasteiger partial charge on any atom is 0.412 e. The lowest BCUT2D eigenvalue weighted by molar-refractivity contribution is 0.0635. The maximum absolute atomic E-state index is 13.0. The molecule has 1 saturated carbocycles. The Morgan fingerprint density at radius 1 is 1.19 bits per heavy atom. The fourth-order valence-electron chi connectivity index (χ4n) is 3.76. The molecule has 2 N–H and O–H groups in total. The molecule has 3 rings (SSSR count). The maximum atomic E-state index is 13.0. The van der Waals surface area contributed by atoms with Crippen LogP contribution in [0.25, 0.3) is 0 Å². The number of hydrogen-bond donors (Lipinski definition) is 2. The quantitative estimate of drug-likeness (QED) is 0.489. The van der Waals surface area contributed by atoms with Crippen LogP contribution in [0.4, 0.5) is 10.5 Å². The van der Waals surface area contributed by atoms with Gasteiger partial charge in [0.25, 0.3) is 5.91 Å². The summed E-state index contributed by atoms with van der Waals surface area (Å²) in [6.07, 6.45) is 7.40. The molecule has 1 atom stereocenters. The van der Waals surface area contributed by atoms with Crippen molar-refractivity contribution in [3.05, 3.63) is 53.3 Å². The van der Waals surface area contributed by atoms with Crippen LogP contribution in [0.2, 0.25) is 0 Å². The predicted molar refractivity (Wildman–Crippen MR) is 141 cm³/mol. The van der Waals surface area contributed by atoms with Crippen LogP contribution in [0.1, 0.15) is 75.5 Å². The Morgan fingerprint density at radius 3 is 2.54 bits per heavy atom. The second-order valence-electron chi connectivity index (χ2n) is 10.1. The van der Waals surface area contributed by atoms with Crippen molar-refractivity contribution in [3.8, 4) is 11.6 Å². The monoisotopic (exact) mass is 530 g/mol. The topological polar surface area (TPSA) is 137 Å². The average Bonchev–Trinajstić information content (AvgIpc) is 3.31. The zero-order chi connectivity index (χ0) is 27.2. The standard InChI is InChI=1S/C26H34N4O6S/c1-17(13-14-37(5,33)34)28-23(31)21-16-27-22(18-9-6-7-10-18)30-24(21)35-20-12-8-11-19(15-20)29-25(32)36-26(2,3)4/h8,11-18H,6-7,9-10H2,1-5H3,(H,28,31)(H,29,32)/b14-13+. The molecule has 200 valence electrons. The summed E-state index contributed by atoms with van der Waals surface area (Å²) in [5.74, 6) is 0.710. The van der Waals surface area contributed by atoms with Crippen LogP contribution in [0.5, 0.6) is 11.6 Å². The van der Waals surface area contributed by atoms with Gasteiger partial charge in [-0.15, -0.1) is 0 Å². The van der Waals surface area contributed by atoms with E-state index in [0.717, 1.165) is 37.3 Å². The van der Waals surface area contributed by atoms with E-state index in [4.69, 9.17) is 9.47 Å². The van der Waals surface area contributed by atoms with Crippen LogP contribution in [0, 0.1) is 0 Å². The summed E-state index contributed by atoms with van der Waals surface area (Å²) < 4.78 is 34.1. The third kappa shape index (κ3) is 9.16. The van der Waals surface area contributed by atoms with E-state index in [1.54, 1.807) is 52.0 Å². The van der Waals surface area contributed by atoms with E-state index >= 15 is 0 Å². The molecule has 0 aliphatic heterocycles. The number of anilines is 1. The number of amides is 2. The van der Waals surface area contributed by atoms with Crippen LogP contribution in [0.15, 0.2) is 41.9 Å². The van der Waals surface area contributed by atoms with Crippen LogP contribution < -0.4 is 15.4 Å². The van der Waals surface area contributed by atoms with Crippen molar-refractivity contribution in [3.63, 3.8) is 0 Å². The van der Waals surface area contributed by atoms with E-state index in [-0.39, 0.29) is 17.4 Å². The second-order valence-corrected chi connectivity index (χ2v) is 12.0. The van der Waals surface area contributed by atoms with Gasteiger partial charge >= 0.3 is 6.09 Å². The molecular weight excluding hydrogens is 496 g/mol. The highest BCUT2D eigenvalue weighted by atomic mass is 32.2. The fourth-order valence-corrected chi connectivity index (χ4v) is 4.28. The number of hydrogen-bond acceptors (Lipinski definition) is 8. The largest absolute Gasteiger partial charge is 0.444 e. The molecule has 1 unspecified atom stereocenters.